The zero-order valence-corrected chi connectivity index (χ0v) is 18.6. The van der Waals surface area contributed by atoms with Gasteiger partial charge in [-0.2, -0.15) is 0 Å². The molecular formula is C22H36N4O4. The highest BCUT2D eigenvalue weighted by molar-refractivity contribution is 5.98. The van der Waals surface area contributed by atoms with Crippen LogP contribution in [0, 0.1) is 11.8 Å². The highest BCUT2D eigenvalue weighted by Gasteiger charge is 2.45. The summed E-state index contributed by atoms with van der Waals surface area (Å²) in [6, 6.07) is -2.53. The second-order valence-corrected chi connectivity index (χ2v) is 9.44. The Labute approximate surface area is 179 Å². The van der Waals surface area contributed by atoms with E-state index in [1.54, 1.807) is 9.80 Å². The monoisotopic (exact) mass is 420 g/mol. The van der Waals surface area contributed by atoms with Crippen molar-refractivity contribution in [3.63, 3.8) is 0 Å². The molecule has 0 bridgehead atoms. The van der Waals surface area contributed by atoms with Crippen LogP contribution >= 0.6 is 0 Å². The van der Waals surface area contributed by atoms with Gasteiger partial charge in [0.1, 0.15) is 24.2 Å². The standard InChI is InChI=1S/C22H36N4O4/c1-5-14(4)18-22(30)26-11-7-9-17(26)21(29)25-10-6-8-16(25)20(28)23-15(12-13(2)3)19(27)24-18/h13-18H,5-12H2,1-4H3,(H,23,28)(H,24,27)/t14?,15-,16-,17-,18-/m0/s1. The first-order valence-electron chi connectivity index (χ1n) is 11.5. The average molecular weight is 421 g/mol. The molecule has 0 aromatic carbocycles. The van der Waals surface area contributed by atoms with Crippen molar-refractivity contribution in [3.8, 4) is 0 Å². The van der Waals surface area contributed by atoms with Crippen LogP contribution in [0.2, 0.25) is 0 Å². The van der Waals surface area contributed by atoms with E-state index in [-0.39, 0.29) is 35.5 Å². The Morgan fingerprint density at radius 1 is 0.867 bits per heavy atom. The number of carbonyl (C=O) groups is 4. The van der Waals surface area contributed by atoms with Crippen LogP contribution in [0.25, 0.3) is 0 Å². The van der Waals surface area contributed by atoms with E-state index in [1.807, 2.05) is 27.7 Å². The zero-order chi connectivity index (χ0) is 22.0. The van der Waals surface area contributed by atoms with Crippen molar-refractivity contribution >= 4 is 23.6 Å². The van der Waals surface area contributed by atoms with E-state index in [4.69, 9.17) is 0 Å². The van der Waals surface area contributed by atoms with Crippen molar-refractivity contribution < 1.29 is 19.2 Å². The van der Waals surface area contributed by atoms with Gasteiger partial charge in [-0.1, -0.05) is 34.1 Å². The Morgan fingerprint density at radius 2 is 1.47 bits per heavy atom. The molecule has 3 rings (SSSR count). The number of hydrogen-bond donors (Lipinski definition) is 2. The van der Waals surface area contributed by atoms with Crippen LogP contribution < -0.4 is 10.6 Å². The minimum atomic E-state index is -0.719. The van der Waals surface area contributed by atoms with Crippen LogP contribution in [0.3, 0.4) is 0 Å². The summed E-state index contributed by atoms with van der Waals surface area (Å²) in [5, 5.41) is 5.82. The van der Waals surface area contributed by atoms with E-state index in [0.717, 1.165) is 19.3 Å². The van der Waals surface area contributed by atoms with Gasteiger partial charge in [0.05, 0.1) is 0 Å². The lowest BCUT2D eigenvalue weighted by Gasteiger charge is -2.36. The predicted molar refractivity (Wildman–Crippen MR) is 112 cm³/mol. The van der Waals surface area contributed by atoms with E-state index in [9.17, 15) is 19.2 Å². The van der Waals surface area contributed by atoms with Crippen molar-refractivity contribution in [2.75, 3.05) is 13.1 Å². The van der Waals surface area contributed by atoms with Crippen molar-refractivity contribution in [1.82, 2.24) is 20.4 Å². The maximum Gasteiger partial charge on any atom is 0.246 e. The van der Waals surface area contributed by atoms with Crippen LogP contribution in [0.15, 0.2) is 0 Å². The van der Waals surface area contributed by atoms with Gasteiger partial charge >= 0.3 is 0 Å². The van der Waals surface area contributed by atoms with Crippen molar-refractivity contribution in [3.05, 3.63) is 0 Å². The number of hydrogen-bond acceptors (Lipinski definition) is 4. The molecule has 3 saturated heterocycles. The molecule has 30 heavy (non-hydrogen) atoms. The van der Waals surface area contributed by atoms with Crippen molar-refractivity contribution in [1.29, 1.82) is 0 Å². The van der Waals surface area contributed by atoms with Gasteiger partial charge in [-0.25, -0.2) is 0 Å². The molecule has 3 aliphatic heterocycles. The first-order valence-corrected chi connectivity index (χ1v) is 11.5. The normalized spacial score (nSPS) is 31.6. The summed E-state index contributed by atoms with van der Waals surface area (Å²) in [7, 11) is 0. The Balaban J connectivity index is 1.98. The summed E-state index contributed by atoms with van der Waals surface area (Å²) >= 11 is 0. The lowest BCUT2D eigenvalue weighted by molar-refractivity contribution is -0.149. The molecule has 5 atom stereocenters. The molecule has 2 N–H and O–H groups in total. The quantitative estimate of drug-likeness (QED) is 0.710. The third kappa shape index (κ3) is 4.47. The first kappa shape index (κ1) is 22.6. The highest BCUT2D eigenvalue weighted by Crippen LogP contribution is 2.27. The van der Waals surface area contributed by atoms with Crippen LogP contribution in [0.1, 0.15) is 66.2 Å². The number of fused-ring (bicyclic) bond motifs is 2. The van der Waals surface area contributed by atoms with Gasteiger partial charge in [0, 0.05) is 13.1 Å². The molecule has 3 aliphatic rings. The predicted octanol–water partition coefficient (Wildman–Crippen LogP) is 1.04. The largest absolute Gasteiger partial charge is 0.343 e. The van der Waals surface area contributed by atoms with Gasteiger partial charge in [0.15, 0.2) is 0 Å². The molecule has 0 aromatic rings. The van der Waals surface area contributed by atoms with E-state index in [1.165, 1.54) is 0 Å². The van der Waals surface area contributed by atoms with Gasteiger partial charge in [0.25, 0.3) is 0 Å². The van der Waals surface area contributed by atoms with Crippen LogP contribution in [0.4, 0.5) is 0 Å². The van der Waals surface area contributed by atoms with E-state index in [0.29, 0.717) is 32.4 Å². The second kappa shape index (κ2) is 9.35. The fourth-order valence-electron chi connectivity index (χ4n) is 4.87. The summed E-state index contributed by atoms with van der Waals surface area (Å²) in [4.78, 5) is 56.3. The highest BCUT2D eigenvalue weighted by atomic mass is 16.2. The molecule has 168 valence electrons. The van der Waals surface area contributed by atoms with Gasteiger partial charge in [0.2, 0.25) is 23.6 Å². The molecule has 3 fully saturated rings. The summed E-state index contributed by atoms with van der Waals surface area (Å²) < 4.78 is 0. The van der Waals surface area contributed by atoms with Crippen molar-refractivity contribution in [2.45, 2.75) is 90.4 Å². The second-order valence-electron chi connectivity index (χ2n) is 9.44. The third-order valence-corrected chi connectivity index (χ3v) is 6.78. The number of carbonyl (C=O) groups excluding carboxylic acids is 4. The molecule has 1 unspecified atom stereocenters. The molecule has 0 radical (unpaired) electrons. The molecule has 0 aliphatic carbocycles. The maximum absolute atomic E-state index is 13.5. The molecule has 8 nitrogen and oxygen atoms in total. The van der Waals surface area contributed by atoms with Crippen molar-refractivity contribution in [2.24, 2.45) is 11.8 Å². The summed E-state index contributed by atoms with van der Waals surface area (Å²) in [5.41, 5.74) is 0. The fourth-order valence-corrected chi connectivity index (χ4v) is 4.87. The summed E-state index contributed by atoms with van der Waals surface area (Å²) in [6.45, 7) is 8.94. The molecule has 0 aromatic heterocycles. The summed E-state index contributed by atoms with van der Waals surface area (Å²) in [6.07, 6.45) is 3.89. The van der Waals surface area contributed by atoms with Gasteiger partial charge in [-0.15, -0.1) is 0 Å². The van der Waals surface area contributed by atoms with Gasteiger partial charge in [-0.05, 0) is 43.9 Å². The number of nitrogens with one attached hydrogen (secondary N) is 2. The lowest BCUT2D eigenvalue weighted by atomic mass is 9.95. The molecule has 3 heterocycles. The smallest absolute Gasteiger partial charge is 0.246 e. The van der Waals surface area contributed by atoms with Gasteiger partial charge < -0.3 is 20.4 Å². The van der Waals surface area contributed by atoms with Gasteiger partial charge in [-0.3, -0.25) is 19.2 Å². The van der Waals surface area contributed by atoms with E-state index < -0.39 is 24.2 Å². The fraction of sp³-hybridized carbons (Fsp3) is 0.818. The number of nitrogens with zero attached hydrogens (tertiary/aromatic N) is 2. The van der Waals surface area contributed by atoms with E-state index >= 15 is 0 Å². The Hall–Kier alpha value is -2.12. The van der Waals surface area contributed by atoms with Crippen LogP contribution in [-0.2, 0) is 19.2 Å². The summed E-state index contributed by atoms with van der Waals surface area (Å²) in [5.74, 6) is -0.777. The number of rotatable bonds is 4. The molecule has 4 amide bonds. The molecular weight excluding hydrogens is 384 g/mol. The topological polar surface area (TPSA) is 98.8 Å². The average Bonchev–Trinajstić information content (AvgIpc) is 3.38. The zero-order valence-electron chi connectivity index (χ0n) is 18.6. The van der Waals surface area contributed by atoms with E-state index in [2.05, 4.69) is 10.6 Å². The van der Waals surface area contributed by atoms with Crippen LogP contribution in [-0.4, -0.2) is 70.7 Å². The lowest BCUT2D eigenvalue weighted by Crippen LogP contribution is -2.62. The van der Waals surface area contributed by atoms with Crippen LogP contribution in [0.5, 0.6) is 0 Å². The Kier molecular flexibility index (Phi) is 7.03. The molecule has 8 heteroatoms. The minimum Gasteiger partial charge on any atom is -0.343 e. The Morgan fingerprint density at radius 3 is 2.07 bits per heavy atom. The first-order chi connectivity index (χ1) is 14.2. The molecule has 0 spiro atoms. The Bertz CT molecular complexity index is 695. The number of amides is 4. The maximum atomic E-state index is 13.5. The third-order valence-electron chi connectivity index (χ3n) is 6.78. The minimum absolute atomic E-state index is 0.0734. The molecule has 0 saturated carbocycles. The SMILES string of the molecule is CCC(C)[C@@H]1NC(=O)[C@H](CC(C)C)NC(=O)[C@@H]2CCCN2C(=O)[C@@H]2CCCN2C1=O.